The van der Waals surface area contributed by atoms with Gasteiger partial charge in [0.15, 0.2) is 11.5 Å². The quantitative estimate of drug-likeness (QED) is 0.845. The van der Waals surface area contributed by atoms with Gasteiger partial charge >= 0.3 is 0 Å². The second kappa shape index (κ2) is 6.61. The monoisotopic (exact) mass is 279 g/mol. The molecule has 5 heteroatoms. The van der Waals surface area contributed by atoms with Gasteiger partial charge in [-0.05, 0) is 32.0 Å². The molecule has 5 nitrogen and oxygen atoms in total. The first kappa shape index (κ1) is 14.7. The van der Waals surface area contributed by atoms with Crippen molar-refractivity contribution < 1.29 is 19.0 Å². The Hall–Kier alpha value is -1.75. The summed E-state index contributed by atoms with van der Waals surface area (Å²) < 4.78 is 16.2. The molecule has 0 bridgehead atoms. The van der Waals surface area contributed by atoms with E-state index in [2.05, 4.69) is 0 Å². The fraction of sp³-hybridized carbons (Fsp3) is 0.533. The zero-order valence-electron chi connectivity index (χ0n) is 12.2. The number of amides is 1. The minimum absolute atomic E-state index is 0.00139. The normalized spacial score (nSPS) is 18.8. The summed E-state index contributed by atoms with van der Waals surface area (Å²) in [6, 6.07) is 5.28. The van der Waals surface area contributed by atoms with Gasteiger partial charge in [-0.15, -0.1) is 0 Å². The Morgan fingerprint density at radius 2 is 2.25 bits per heavy atom. The molecule has 1 heterocycles. The summed E-state index contributed by atoms with van der Waals surface area (Å²) in [4.78, 5) is 14.3. The molecule has 1 aromatic rings. The number of carbonyl (C=O) groups is 1. The molecule has 1 amide bonds. The van der Waals surface area contributed by atoms with E-state index >= 15 is 0 Å². The highest BCUT2D eigenvalue weighted by Gasteiger charge is 2.23. The molecule has 1 aromatic carbocycles. The summed E-state index contributed by atoms with van der Waals surface area (Å²) in [5.74, 6) is 1.24. The smallest absolute Gasteiger partial charge is 0.254 e. The van der Waals surface area contributed by atoms with Gasteiger partial charge in [0.25, 0.3) is 5.91 Å². The summed E-state index contributed by atoms with van der Waals surface area (Å²) in [7, 11) is 1.57. The summed E-state index contributed by atoms with van der Waals surface area (Å²) >= 11 is 0. The summed E-state index contributed by atoms with van der Waals surface area (Å²) in [6.45, 7) is 6.27. The molecule has 0 N–H and O–H groups in total. The van der Waals surface area contributed by atoms with Gasteiger partial charge in [0.05, 0.1) is 26.4 Å². The number of rotatable bonds is 4. The largest absolute Gasteiger partial charge is 0.493 e. The van der Waals surface area contributed by atoms with Crippen molar-refractivity contribution in [2.24, 2.45) is 0 Å². The Kier molecular flexibility index (Phi) is 4.84. The summed E-state index contributed by atoms with van der Waals surface area (Å²) in [5.41, 5.74) is 0.611. The highest BCUT2D eigenvalue weighted by molar-refractivity contribution is 5.95. The van der Waals surface area contributed by atoms with Gasteiger partial charge in [0.1, 0.15) is 0 Å². The van der Waals surface area contributed by atoms with Crippen LogP contribution in [-0.4, -0.2) is 50.3 Å². The molecule has 1 aliphatic rings. The zero-order chi connectivity index (χ0) is 14.5. The van der Waals surface area contributed by atoms with Crippen LogP contribution in [0.15, 0.2) is 18.2 Å². The van der Waals surface area contributed by atoms with Crippen LogP contribution in [0.2, 0.25) is 0 Å². The van der Waals surface area contributed by atoms with Crippen LogP contribution in [0.3, 0.4) is 0 Å². The number of ether oxygens (including phenoxy) is 3. The topological polar surface area (TPSA) is 48.0 Å². The molecule has 1 atom stereocenters. The second-order valence-corrected chi connectivity index (χ2v) is 4.73. The second-order valence-electron chi connectivity index (χ2n) is 4.73. The zero-order valence-corrected chi connectivity index (χ0v) is 12.2. The lowest BCUT2D eigenvalue weighted by Crippen LogP contribution is -2.44. The van der Waals surface area contributed by atoms with Crippen LogP contribution < -0.4 is 9.47 Å². The summed E-state index contributed by atoms with van der Waals surface area (Å²) in [6.07, 6.45) is 0.0808. The lowest BCUT2D eigenvalue weighted by molar-refractivity contribution is -0.0124. The van der Waals surface area contributed by atoms with E-state index < -0.39 is 0 Å². The van der Waals surface area contributed by atoms with Crippen molar-refractivity contribution in [3.63, 3.8) is 0 Å². The van der Waals surface area contributed by atoms with Crippen LogP contribution >= 0.6 is 0 Å². The number of hydrogen-bond donors (Lipinski definition) is 0. The fourth-order valence-electron chi connectivity index (χ4n) is 2.26. The van der Waals surface area contributed by atoms with Gasteiger partial charge in [-0.2, -0.15) is 0 Å². The number of methoxy groups -OCH3 is 1. The molecule has 0 aliphatic carbocycles. The minimum atomic E-state index is 0.00139. The lowest BCUT2D eigenvalue weighted by Gasteiger charge is -2.31. The average Bonchev–Trinajstić information content (AvgIpc) is 2.47. The van der Waals surface area contributed by atoms with Gasteiger partial charge < -0.3 is 19.1 Å². The van der Waals surface area contributed by atoms with E-state index in [0.29, 0.717) is 43.4 Å². The van der Waals surface area contributed by atoms with Crippen LogP contribution in [0.5, 0.6) is 11.5 Å². The van der Waals surface area contributed by atoms with E-state index in [0.717, 1.165) is 0 Å². The number of benzene rings is 1. The van der Waals surface area contributed by atoms with E-state index in [1.807, 2.05) is 18.7 Å². The molecule has 20 heavy (non-hydrogen) atoms. The van der Waals surface area contributed by atoms with E-state index in [9.17, 15) is 4.79 Å². The van der Waals surface area contributed by atoms with E-state index in [1.54, 1.807) is 25.3 Å². The van der Waals surface area contributed by atoms with Crippen molar-refractivity contribution in [1.29, 1.82) is 0 Å². The Morgan fingerprint density at radius 3 is 2.90 bits per heavy atom. The predicted molar refractivity (Wildman–Crippen MR) is 75.5 cm³/mol. The van der Waals surface area contributed by atoms with Crippen molar-refractivity contribution in [2.75, 3.05) is 33.4 Å². The molecule has 0 saturated carbocycles. The molecular formula is C15H21NO4. The molecule has 2 rings (SSSR count). The highest BCUT2D eigenvalue weighted by atomic mass is 16.5. The van der Waals surface area contributed by atoms with Crippen molar-refractivity contribution in [1.82, 2.24) is 4.90 Å². The molecule has 0 aromatic heterocycles. The number of hydrogen-bond acceptors (Lipinski definition) is 4. The fourth-order valence-corrected chi connectivity index (χ4v) is 2.26. The van der Waals surface area contributed by atoms with Gasteiger partial charge in [-0.25, -0.2) is 0 Å². The van der Waals surface area contributed by atoms with Crippen LogP contribution in [-0.2, 0) is 4.74 Å². The van der Waals surface area contributed by atoms with Gasteiger partial charge in [0.2, 0.25) is 0 Å². The number of morpholine rings is 1. The first-order chi connectivity index (χ1) is 9.65. The lowest BCUT2D eigenvalue weighted by atomic mass is 10.1. The maximum Gasteiger partial charge on any atom is 0.254 e. The van der Waals surface area contributed by atoms with Crippen molar-refractivity contribution in [3.8, 4) is 11.5 Å². The van der Waals surface area contributed by atoms with Gasteiger partial charge in [-0.1, -0.05) is 0 Å². The van der Waals surface area contributed by atoms with Gasteiger partial charge in [0, 0.05) is 18.7 Å². The van der Waals surface area contributed by atoms with Crippen LogP contribution in [0.25, 0.3) is 0 Å². The Labute approximate surface area is 119 Å². The molecule has 1 fully saturated rings. The third-order valence-electron chi connectivity index (χ3n) is 3.24. The number of carbonyl (C=O) groups excluding carboxylic acids is 1. The van der Waals surface area contributed by atoms with Crippen LogP contribution in [0, 0.1) is 0 Å². The molecule has 0 spiro atoms. The van der Waals surface area contributed by atoms with E-state index in [1.165, 1.54) is 0 Å². The van der Waals surface area contributed by atoms with Gasteiger partial charge in [-0.3, -0.25) is 4.79 Å². The SMILES string of the molecule is CCOc1ccc(C(=O)N2CCOC(C)C2)cc1OC. The standard InChI is InChI=1S/C15H21NO4/c1-4-19-13-6-5-12(9-14(13)18-3)15(17)16-7-8-20-11(2)10-16/h5-6,9,11H,4,7-8,10H2,1-3H3. The molecule has 1 saturated heterocycles. The van der Waals surface area contributed by atoms with E-state index in [4.69, 9.17) is 14.2 Å². The highest BCUT2D eigenvalue weighted by Crippen LogP contribution is 2.28. The Morgan fingerprint density at radius 1 is 1.45 bits per heavy atom. The minimum Gasteiger partial charge on any atom is -0.493 e. The third kappa shape index (κ3) is 3.22. The third-order valence-corrected chi connectivity index (χ3v) is 3.24. The predicted octanol–water partition coefficient (Wildman–Crippen LogP) is 1.95. The Balaban J connectivity index is 2.17. The summed E-state index contributed by atoms with van der Waals surface area (Å²) in [5, 5.41) is 0. The maximum absolute atomic E-state index is 12.5. The molecule has 1 aliphatic heterocycles. The van der Waals surface area contributed by atoms with Crippen molar-refractivity contribution in [3.05, 3.63) is 23.8 Å². The molecule has 0 radical (unpaired) electrons. The van der Waals surface area contributed by atoms with Crippen molar-refractivity contribution in [2.45, 2.75) is 20.0 Å². The molecule has 110 valence electrons. The van der Waals surface area contributed by atoms with E-state index in [-0.39, 0.29) is 12.0 Å². The molecule has 1 unspecified atom stereocenters. The first-order valence-corrected chi connectivity index (χ1v) is 6.87. The maximum atomic E-state index is 12.5. The first-order valence-electron chi connectivity index (χ1n) is 6.87. The Bertz CT molecular complexity index is 475. The van der Waals surface area contributed by atoms with Crippen LogP contribution in [0.4, 0.5) is 0 Å². The van der Waals surface area contributed by atoms with Crippen LogP contribution in [0.1, 0.15) is 24.2 Å². The number of nitrogens with zero attached hydrogens (tertiary/aromatic N) is 1. The average molecular weight is 279 g/mol. The molecular weight excluding hydrogens is 258 g/mol. The van der Waals surface area contributed by atoms with Crippen molar-refractivity contribution >= 4 is 5.91 Å².